The van der Waals surface area contributed by atoms with E-state index in [2.05, 4.69) is 5.32 Å². The van der Waals surface area contributed by atoms with E-state index in [1.807, 2.05) is 0 Å². The van der Waals surface area contributed by atoms with E-state index >= 15 is 0 Å². The maximum Gasteiger partial charge on any atom is 0.342 e. The number of anilines is 1. The predicted octanol–water partition coefficient (Wildman–Crippen LogP) is 2.23. The molecule has 1 aromatic heterocycles. The zero-order valence-electron chi connectivity index (χ0n) is 15.2. The van der Waals surface area contributed by atoms with Gasteiger partial charge in [0.15, 0.2) is 6.61 Å². The Morgan fingerprint density at radius 1 is 1.04 bits per heavy atom. The minimum atomic E-state index is -0.762. The third-order valence-electron chi connectivity index (χ3n) is 3.55. The van der Waals surface area contributed by atoms with Gasteiger partial charge in [0.2, 0.25) is 0 Å². The molecule has 0 fully saturated rings. The van der Waals surface area contributed by atoms with Crippen LogP contribution >= 0.6 is 0 Å². The number of amides is 1. The standard InChI is InChI=1S/C19H19NO7/c1-4-25-18(23)13-5-7-14(8-6-13)20-15(21)10-26-19(24)17-11(2)9-16(22)27-12(17)3/h5-9H,4,10H2,1-3H3,(H,20,21). The number of aryl methyl sites for hydroxylation is 2. The molecule has 2 rings (SSSR count). The molecule has 0 radical (unpaired) electrons. The molecule has 0 saturated heterocycles. The van der Waals surface area contributed by atoms with Crippen LogP contribution < -0.4 is 10.9 Å². The van der Waals surface area contributed by atoms with Gasteiger partial charge < -0.3 is 19.2 Å². The Labute approximate surface area is 155 Å². The van der Waals surface area contributed by atoms with E-state index in [0.717, 1.165) is 0 Å². The maximum atomic E-state index is 12.1. The molecule has 1 amide bonds. The molecule has 0 atom stereocenters. The average molecular weight is 373 g/mol. The number of ether oxygens (including phenoxy) is 2. The topological polar surface area (TPSA) is 112 Å². The molecular formula is C19H19NO7. The molecule has 0 aliphatic carbocycles. The fourth-order valence-corrected chi connectivity index (χ4v) is 2.37. The Balaban J connectivity index is 1.94. The van der Waals surface area contributed by atoms with E-state index in [1.165, 1.54) is 37.3 Å². The van der Waals surface area contributed by atoms with Crippen LogP contribution in [-0.2, 0) is 14.3 Å². The van der Waals surface area contributed by atoms with Crippen molar-refractivity contribution in [3.63, 3.8) is 0 Å². The molecule has 1 N–H and O–H groups in total. The molecule has 2 aromatic rings. The molecule has 1 aromatic carbocycles. The SMILES string of the molecule is CCOC(=O)c1ccc(NC(=O)COC(=O)c2c(C)cc(=O)oc2C)cc1. The number of hydrogen-bond donors (Lipinski definition) is 1. The number of carbonyl (C=O) groups excluding carboxylic acids is 3. The second kappa shape index (κ2) is 8.79. The predicted molar refractivity (Wildman–Crippen MR) is 95.8 cm³/mol. The zero-order valence-corrected chi connectivity index (χ0v) is 15.2. The molecule has 1 heterocycles. The van der Waals surface area contributed by atoms with Crippen LogP contribution in [0.1, 0.15) is 39.0 Å². The van der Waals surface area contributed by atoms with Gasteiger partial charge in [0.1, 0.15) is 11.3 Å². The molecule has 0 bridgehead atoms. The molecule has 27 heavy (non-hydrogen) atoms. The van der Waals surface area contributed by atoms with Crippen LogP contribution in [0.2, 0.25) is 0 Å². The summed E-state index contributed by atoms with van der Waals surface area (Å²) in [7, 11) is 0. The lowest BCUT2D eigenvalue weighted by atomic mass is 10.1. The van der Waals surface area contributed by atoms with E-state index < -0.39 is 30.1 Å². The summed E-state index contributed by atoms with van der Waals surface area (Å²) in [6, 6.07) is 7.27. The summed E-state index contributed by atoms with van der Waals surface area (Å²) >= 11 is 0. The summed E-state index contributed by atoms with van der Waals surface area (Å²) in [5, 5.41) is 2.54. The first-order chi connectivity index (χ1) is 12.8. The van der Waals surface area contributed by atoms with Gasteiger partial charge in [-0.1, -0.05) is 0 Å². The fourth-order valence-electron chi connectivity index (χ4n) is 2.37. The monoisotopic (exact) mass is 373 g/mol. The van der Waals surface area contributed by atoms with Crippen molar-refractivity contribution < 1.29 is 28.3 Å². The first-order valence-corrected chi connectivity index (χ1v) is 8.17. The second-order valence-corrected chi connectivity index (χ2v) is 5.60. The van der Waals surface area contributed by atoms with Gasteiger partial charge in [0, 0.05) is 11.8 Å². The summed E-state index contributed by atoms with van der Waals surface area (Å²) in [5.74, 6) is -1.65. The Morgan fingerprint density at radius 3 is 2.30 bits per heavy atom. The zero-order chi connectivity index (χ0) is 20.0. The van der Waals surface area contributed by atoms with Gasteiger partial charge in [-0.05, 0) is 50.6 Å². The fraction of sp³-hybridized carbons (Fsp3) is 0.263. The lowest BCUT2D eigenvalue weighted by Gasteiger charge is -2.09. The third-order valence-corrected chi connectivity index (χ3v) is 3.55. The summed E-state index contributed by atoms with van der Waals surface area (Å²) in [6.07, 6.45) is 0. The molecule has 8 heteroatoms. The van der Waals surface area contributed by atoms with Crippen LogP contribution in [0.3, 0.4) is 0 Å². The van der Waals surface area contributed by atoms with E-state index in [9.17, 15) is 19.2 Å². The van der Waals surface area contributed by atoms with Crippen LogP contribution in [0.4, 0.5) is 5.69 Å². The van der Waals surface area contributed by atoms with Gasteiger partial charge in [-0.25, -0.2) is 14.4 Å². The van der Waals surface area contributed by atoms with Gasteiger partial charge in [-0.15, -0.1) is 0 Å². The molecule has 142 valence electrons. The van der Waals surface area contributed by atoms with E-state index in [0.29, 0.717) is 16.8 Å². The maximum absolute atomic E-state index is 12.1. The summed E-state index contributed by atoms with van der Waals surface area (Å²) < 4.78 is 14.7. The van der Waals surface area contributed by atoms with Crippen LogP contribution in [0, 0.1) is 13.8 Å². The molecule has 0 unspecified atom stereocenters. The van der Waals surface area contributed by atoms with E-state index in [-0.39, 0.29) is 17.9 Å². The number of carbonyl (C=O) groups is 3. The van der Waals surface area contributed by atoms with Crippen molar-refractivity contribution >= 4 is 23.5 Å². The van der Waals surface area contributed by atoms with Crippen molar-refractivity contribution in [3.05, 3.63) is 63.2 Å². The van der Waals surface area contributed by atoms with Crippen molar-refractivity contribution in [3.8, 4) is 0 Å². The van der Waals surface area contributed by atoms with Crippen molar-refractivity contribution in [1.82, 2.24) is 0 Å². The number of hydrogen-bond acceptors (Lipinski definition) is 7. The normalized spacial score (nSPS) is 10.2. The molecule has 0 aliphatic heterocycles. The van der Waals surface area contributed by atoms with Gasteiger partial charge in [0.25, 0.3) is 5.91 Å². The number of rotatable bonds is 6. The van der Waals surface area contributed by atoms with Crippen LogP contribution in [0.5, 0.6) is 0 Å². The first kappa shape index (κ1) is 19.9. The van der Waals surface area contributed by atoms with Crippen molar-refractivity contribution in [2.24, 2.45) is 0 Å². The van der Waals surface area contributed by atoms with Gasteiger partial charge in [0.05, 0.1) is 12.2 Å². The van der Waals surface area contributed by atoms with E-state index in [4.69, 9.17) is 13.9 Å². The smallest absolute Gasteiger partial charge is 0.342 e. The summed E-state index contributed by atoms with van der Waals surface area (Å²) in [6.45, 7) is 4.50. The molecule has 0 spiro atoms. The minimum absolute atomic E-state index is 0.112. The average Bonchev–Trinajstić information content (AvgIpc) is 2.60. The molecular weight excluding hydrogens is 354 g/mol. The highest BCUT2D eigenvalue weighted by Crippen LogP contribution is 2.13. The van der Waals surface area contributed by atoms with Gasteiger partial charge in [-0.3, -0.25) is 4.79 Å². The number of nitrogens with one attached hydrogen (secondary N) is 1. The van der Waals surface area contributed by atoms with Gasteiger partial charge in [-0.2, -0.15) is 0 Å². The number of benzene rings is 1. The second-order valence-electron chi connectivity index (χ2n) is 5.60. The highest BCUT2D eigenvalue weighted by atomic mass is 16.5. The molecule has 0 aliphatic rings. The largest absolute Gasteiger partial charge is 0.462 e. The van der Waals surface area contributed by atoms with Gasteiger partial charge >= 0.3 is 17.6 Å². The third kappa shape index (κ3) is 5.27. The first-order valence-electron chi connectivity index (χ1n) is 8.17. The Bertz CT molecular complexity index is 886. The van der Waals surface area contributed by atoms with Crippen molar-refractivity contribution in [2.45, 2.75) is 20.8 Å². The van der Waals surface area contributed by atoms with Crippen LogP contribution in [-0.4, -0.2) is 31.1 Å². The lowest BCUT2D eigenvalue weighted by molar-refractivity contribution is -0.119. The Hall–Kier alpha value is -3.42. The Kier molecular flexibility index (Phi) is 6.48. The van der Waals surface area contributed by atoms with E-state index in [1.54, 1.807) is 13.8 Å². The minimum Gasteiger partial charge on any atom is -0.462 e. The van der Waals surface area contributed by atoms with Crippen molar-refractivity contribution in [2.75, 3.05) is 18.5 Å². The summed E-state index contributed by atoms with van der Waals surface area (Å²) in [5.41, 5.74) is 0.746. The van der Waals surface area contributed by atoms with Crippen LogP contribution in [0.25, 0.3) is 0 Å². The Morgan fingerprint density at radius 2 is 1.70 bits per heavy atom. The highest BCUT2D eigenvalue weighted by molar-refractivity contribution is 5.97. The van der Waals surface area contributed by atoms with Crippen LogP contribution in [0.15, 0.2) is 39.5 Å². The summed E-state index contributed by atoms with van der Waals surface area (Å²) in [4.78, 5) is 46.9. The molecule has 0 saturated carbocycles. The molecule has 8 nitrogen and oxygen atoms in total. The quantitative estimate of drug-likeness (QED) is 0.773. The van der Waals surface area contributed by atoms with Crippen molar-refractivity contribution in [1.29, 1.82) is 0 Å². The lowest BCUT2D eigenvalue weighted by Crippen LogP contribution is -2.22. The number of esters is 2. The highest BCUT2D eigenvalue weighted by Gasteiger charge is 2.18.